The first kappa shape index (κ1) is 19.6. The number of hydrogen-bond acceptors (Lipinski definition) is 6. The van der Waals surface area contributed by atoms with Gasteiger partial charge >= 0.3 is 11.8 Å². The lowest BCUT2D eigenvalue weighted by Gasteiger charge is -2.08. The first-order chi connectivity index (χ1) is 14.2. The average Bonchev–Trinajstić information content (AvgIpc) is 3.14. The van der Waals surface area contributed by atoms with Gasteiger partial charge in [0.05, 0.1) is 27.6 Å². The van der Waals surface area contributed by atoms with Gasteiger partial charge in [-0.05, 0) is 36.8 Å². The molecule has 7 nitrogen and oxygen atoms in total. The number of fused-ring (bicyclic) bond motifs is 1. The molecular formula is C19H9ClF3N5O2. The highest BCUT2D eigenvalue weighted by Crippen LogP contribution is 2.33. The summed E-state index contributed by atoms with van der Waals surface area (Å²) in [6.07, 6.45) is -3.44. The van der Waals surface area contributed by atoms with Crippen molar-refractivity contribution in [1.82, 2.24) is 19.7 Å². The Bertz CT molecular complexity index is 1400. The minimum absolute atomic E-state index is 0.0354. The molecule has 0 amide bonds. The van der Waals surface area contributed by atoms with Crippen molar-refractivity contribution in [1.29, 1.82) is 5.26 Å². The number of nitrogens with zero attached hydrogens (tertiary/aromatic N) is 5. The molecule has 0 atom stereocenters. The van der Waals surface area contributed by atoms with E-state index in [0.717, 1.165) is 4.68 Å². The molecule has 11 heteroatoms. The molecule has 0 spiro atoms. The Kier molecular flexibility index (Phi) is 4.55. The summed E-state index contributed by atoms with van der Waals surface area (Å²) in [6, 6.07) is 8.36. The van der Waals surface area contributed by atoms with Crippen molar-refractivity contribution in [3.63, 3.8) is 0 Å². The fourth-order valence-corrected chi connectivity index (χ4v) is 3.09. The van der Waals surface area contributed by atoms with Crippen molar-refractivity contribution < 1.29 is 17.6 Å². The molecule has 0 unspecified atom stereocenters. The number of benzene rings is 1. The molecule has 4 rings (SSSR count). The molecule has 0 saturated carbocycles. The first-order valence-electron chi connectivity index (χ1n) is 8.33. The quantitative estimate of drug-likeness (QED) is 0.469. The highest BCUT2D eigenvalue weighted by Gasteiger charge is 2.36. The average molecular weight is 432 g/mol. The summed E-state index contributed by atoms with van der Waals surface area (Å²) in [5.74, 6) is -0.490. The van der Waals surface area contributed by atoms with Gasteiger partial charge in [-0.2, -0.15) is 23.5 Å². The number of nitriles is 1. The van der Waals surface area contributed by atoms with E-state index in [0.29, 0.717) is 11.6 Å². The SMILES string of the molecule is Cc1cc(C#N)cc2c(=O)oc(-c3cc(C(F)(F)F)nn3-c3ncccc3Cl)nc12. The Balaban J connectivity index is 2.03. The lowest BCUT2D eigenvalue weighted by Crippen LogP contribution is -2.09. The zero-order valence-corrected chi connectivity index (χ0v) is 15.8. The largest absolute Gasteiger partial charge is 0.435 e. The van der Waals surface area contributed by atoms with Crippen LogP contribution in [-0.4, -0.2) is 19.7 Å². The van der Waals surface area contributed by atoms with Crippen molar-refractivity contribution >= 4 is 22.5 Å². The lowest BCUT2D eigenvalue weighted by atomic mass is 10.1. The van der Waals surface area contributed by atoms with Gasteiger partial charge in [0.2, 0.25) is 5.89 Å². The summed E-state index contributed by atoms with van der Waals surface area (Å²) in [5.41, 5.74) is -1.45. The molecule has 0 aliphatic rings. The predicted molar refractivity (Wildman–Crippen MR) is 100 cm³/mol. The fourth-order valence-electron chi connectivity index (χ4n) is 2.89. The van der Waals surface area contributed by atoms with Crippen LogP contribution in [-0.2, 0) is 6.18 Å². The molecule has 30 heavy (non-hydrogen) atoms. The van der Waals surface area contributed by atoms with Crippen LogP contribution >= 0.6 is 11.6 Å². The van der Waals surface area contributed by atoms with Crippen LogP contribution < -0.4 is 5.63 Å². The van der Waals surface area contributed by atoms with Gasteiger partial charge in [-0.15, -0.1) is 0 Å². The van der Waals surface area contributed by atoms with E-state index >= 15 is 0 Å². The second kappa shape index (κ2) is 6.96. The van der Waals surface area contributed by atoms with Crippen LogP contribution in [0.4, 0.5) is 13.2 Å². The number of alkyl halides is 3. The molecule has 1 aromatic carbocycles. The highest BCUT2D eigenvalue weighted by molar-refractivity contribution is 6.32. The second-order valence-electron chi connectivity index (χ2n) is 6.24. The van der Waals surface area contributed by atoms with E-state index in [1.807, 2.05) is 6.07 Å². The number of hydrogen-bond donors (Lipinski definition) is 0. The van der Waals surface area contributed by atoms with E-state index in [-0.39, 0.29) is 33.0 Å². The summed E-state index contributed by atoms with van der Waals surface area (Å²) in [7, 11) is 0. The summed E-state index contributed by atoms with van der Waals surface area (Å²) >= 11 is 6.08. The van der Waals surface area contributed by atoms with Gasteiger partial charge < -0.3 is 4.42 Å². The minimum atomic E-state index is -4.77. The number of aryl methyl sites for hydroxylation is 1. The van der Waals surface area contributed by atoms with E-state index in [1.54, 1.807) is 6.92 Å². The maximum Gasteiger partial charge on any atom is 0.435 e. The maximum atomic E-state index is 13.3. The van der Waals surface area contributed by atoms with Crippen molar-refractivity contribution in [3.8, 4) is 23.5 Å². The molecular weight excluding hydrogens is 423 g/mol. The van der Waals surface area contributed by atoms with Crippen LogP contribution in [0.25, 0.3) is 28.3 Å². The lowest BCUT2D eigenvalue weighted by molar-refractivity contribution is -0.141. The molecule has 0 N–H and O–H groups in total. The van der Waals surface area contributed by atoms with Crippen LogP contribution in [0.2, 0.25) is 5.02 Å². The fraction of sp³-hybridized carbons (Fsp3) is 0.105. The zero-order chi connectivity index (χ0) is 21.6. The summed E-state index contributed by atoms with van der Waals surface area (Å²) in [6.45, 7) is 1.62. The summed E-state index contributed by atoms with van der Waals surface area (Å²) < 4.78 is 46.0. The Morgan fingerprint density at radius 1 is 1.27 bits per heavy atom. The topological polar surface area (TPSA) is 97.6 Å². The van der Waals surface area contributed by atoms with E-state index < -0.39 is 23.4 Å². The molecule has 0 fully saturated rings. The molecule has 3 heterocycles. The van der Waals surface area contributed by atoms with Crippen molar-refractivity contribution in [2.75, 3.05) is 0 Å². The van der Waals surface area contributed by atoms with E-state index in [9.17, 15) is 18.0 Å². The molecule has 0 aliphatic heterocycles. The molecule has 0 radical (unpaired) electrons. The summed E-state index contributed by atoms with van der Waals surface area (Å²) in [4.78, 5) is 20.7. The molecule has 150 valence electrons. The van der Waals surface area contributed by atoms with Gasteiger partial charge in [0.15, 0.2) is 11.5 Å². The van der Waals surface area contributed by atoms with E-state index in [4.69, 9.17) is 21.3 Å². The van der Waals surface area contributed by atoms with Crippen molar-refractivity contribution in [2.45, 2.75) is 13.1 Å². The minimum Gasteiger partial charge on any atom is -0.401 e. The molecule has 0 saturated heterocycles. The highest BCUT2D eigenvalue weighted by atomic mass is 35.5. The number of aromatic nitrogens is 4. The monoisotopic (exact) mass is 431 g/mol. The second-order valence-corrected chi connectivity index (χ2v) is 6.65. The Labute approximate surface area is 171 Å². The van der Waals surface area contributed by atoms with Crippen LogP contribution in [0, 0.1) is 18.3 Å². The predicted octanol–water partition coefficient (Wildman–Crippen LogP) is 4.29. The molecule has 4 aromatic rings. The van der Waals surface area contributed by atoms with Gasteiger partial charge in [0.25, 0.3) is 0 Å². The third kappa shape index (κ3) is 3.29. The van der Waals surface area contributed by atoms with Gasteiger partial charge in [0.1, 0.15) is 5.69 Å². The number of halogens is 4. The maximum absolute atomic E-state index is 13.3. The Morgan fingerprint density at radius 3 is 2.70 bits per heavy atom. The smallest absolute Gasteiger partial charge is 0.401 e. The van der Waals surface area contributed by atoms with Crippen LogP contribution in [0.15, 0.2) is 45.7 Å². The normalized spacial score (nSPS) is 11.6. The third-order valence-electron chi connectivity index (χ3n) is 4.21. The van der Waals surface area contributed by atoms with Crippen molar-refractivity contribution in [3.05, 3.63) is 68.8 Å². The summed E-state index contributed by atoms with van der Waals surface area (Å²) in [5, 5.41) is 12.7. The van der Waals surface area contributed by atoms with Gasteiger partial charge in [0, 0.05) is 12.3 Å². The van der Waals surface area contributed by atoms with Gasteiger partial charge in [-0.25, -0.2) is 19.4 Å². The van der Waals surface area contributed by atoms with E-state index in [2.05, 4.69) is 15.1 Å². The molecule has 0 aliphatic carbocycles. The van der Waals surface area contributed by atoms with Crippen LogP contribution in [0.1, 0.15) is 16.8 Å². The van der Waals surface area contributed by atoms with Crippen LogP contribution in [0.3, 0.4) is 0 Å². The zero-order valence-electron chi connectivity index (χ0n) is 15.0. The van der Waals surface area contributed by atoms with E-state index in [1.165, 1.54) is 30.5 Å². The molecule has 3 aromatic heterocycles. The van der Waals surface area contributed by atoms with Gasteiger partial charge in [-0.3, -0.25) is 0 Å². The third-order valence-corrected chi connectivity index (χ3v) is 4.51. The van der Waals surface area contributed by atoms with Crippen molar-refractivity contribution in [2.24, 2.45) is 0 Å². The first-order valence-corrected chi connectivity index (χ1v) is 8.71. The standard InChI is InChI=1S/C19H9ClF3N5O2/c1-9-5-10(8-24)6-11-15(9)26-17(30-18(11)29)13-7-14(19(21,22)23)27-28(13)16-12(20)3-2-4-25-16/h2-7H,1H3. The Morgan fingerprint density at radius 2 is 2.03 bits per heavy atom. The Hall–Kier alpha value is -3.71. The number of pyridine rings is 1. The van der Waals surface area contributed by atoms with Gasteiger partial charge in [-0.1, -0.05) is 11.6 Å². The number of rotatable bonds is 2. The molecule has 0 bridgehead atoms. The van der Waals surface area contributed by atoms with Crippen LogP contribution in [0.5, 0.6) is 0 Å².